The Balaban J connectivity index is 1.58. The van der Waals surface area contributed by atoms with Crippen molar-refractivity contribution in [3.05, 3.63) is 66.4 Å². The number of rotatable bonds is 5. The Labute approximate surface area is 176 Å². The van der Waals surface area contributed by atoms with Crippen molar-refractivity contribution in [3.63, 3.8) is 0 Å². The largest absolute Gasteiger partial charge is 0.439 e. The number of furan rings is 1. The summed E-state index contributed by atoms with van der Waals surface area (Å²) in [7, 11) is -7.25. The van der Waals surface area contributed by atoms with Gasteiger partial charge >= 0.3 is 0 Å². The number of sulfone groups is 2. The van der Waals surface area contributed by atoms with E-state index in [1.54, 1.807) is 24.3 Å². The zero-order valence-electron chi connectivity index (χ0n) is 15.4. The van der Waals surface area contributed by atoms with E-state index in [0.29, 0.717) is 10.2 Å². The van der Waals surface area contributed by atoms with Gasteiger partial charge in [-0.1, -0.05) is 29.5 Å². The molecule has 2 aromatic carbocycles. The van der Waals surface area contributed by atoms with Gasteiger partial charge in [-0.3, -0.25) is 10.1 Å². The smallest absolute Gasteiger partial charge is 0.293 e. The van der Waals surface area contributed by atoms with Gasteiger partial charge in [0.05, 0.1) is 20.0 Å². The zero-order chi connectivity index (χ0) is 21.5. The van der Waals surface area contributed by atoms with Crippen LogP contribution >= 0.6 is 11.3 Å². The van der Waals surface area contributed by atoms with Crippen LogP contribution in [-0.4, -0.2) is 34.0 Å². The van der Waals surface area contributed by atoms with E-state index >= 15 is 0 Å². The molecule has 0 radical (unpaired) electrons. The lowest BCUT2D eigenvalue weighted by Crippen LogP contribution is -2.10. The highest BCUT2D eigenvalue weighted by atomic mass is 32.2. The lowest BCUT2D eigenvalue weighted by Gasteiger charge is -2.01. The second kappa shape index (κ2) is 7.35. The number of carbonyl (C=O) groups is 1. The molecule has 30 heavy (non-hydrogen) atoms. The number of amides is 1. The maximum Gasteiger partial charge on any atom is 0.293 e. The van der Waals surface area contributed by atoms with E-state index in [1.807, 2.05) is 0 Å². The number of hydrogen-bond acceptors (Lipinski definition) is 8. The minimum absolute atomic E-state index is 0.0548. The number of thiazole rings is 1. The molecule has 11 heteroatoms. The molecule has 4 rings (SSSR count). The normalized spacial score (nSPS) is 12.2. The van der Waals surface area contributed by atoms with Crippen LogP contribution in [0, 0.1) is 0 Å². The number of fused-ring (bicyclic) bond motifs is 1. The molecule has 2 aromatic heterocycles. The highest BCUT2D eigenvalue weighted by Gasteiger charge is 2.24. The molecule has 1 N–H and O–H groups in total. The van der Waals surface area contributed by atoms with E-state index in [4.69, 9.17) is 4.42 Å². The Morgan fingerprint density at radius 1 is 0.967 bits per heavy atom. The molecule has 2 heterocycles. The van der Waals surface area contributed by atoms with Crippen LogP contribution in [-0.2, 0) is 19.7 Å². The van der Waals surface area contributed by atoms with E-state index in [9.17, 15) is 21.6 Å². The third-order valence-electron chi connectivity index (χ3n) is 4.13. The van der Waals surface area contributed by atoms with Gasteiger partial charge in [-0.2, -0.15) is 0 Å². The van der Waals surface area contributed by atoms with Crippen molar-refractivity contribution in [2.24, 2.45) is 0 Å². The monoisotopic (exact) mass is 462 g/mol. The van der Waals surface area contributed by atoms with E-state index in [2.05, 4.69) is 10.3 Å². The van der Waals surface area contributed by atoms with E-state index < -0.39 is 25.6 Å². The van der Waals surface area contributed by atoms with Gasteiger partial charge in [-0.15, -0.1) is 0 Å². The Morgan fingerprint density at radius 2 is 1.70 bits per heavy atom. The standard InChI is InChI=1S/C19H14N2O6S3/c1-29(23,24)13-7-8-14-16(11-13)28-19(20-14)21-18(22)15-9-10-17(27-15)30(25,26)12-5-3-2-4-6-12/h2-11H,1H3,(H,20,21,22). The van der Waals surface area contributed by atoms with E-state index in [-0.39, 0.29) is 25.8 Å². The summed E-state index contributed by atoms with van der Waals surface area (Å²) in [5, 5.41) is 2.42. The van der Waals surface area contributed by atoms with Crippen molar-refractivity contribution < 1.29 is 26.0 Å². The highest BCUT2D eigenvalue weighted by molar-refractivity contribution is 7.91. The van der Waals surface area contributed by atoms with Crippen LogP contribution in [0.2, 0.25) is 0 Å². The molecular formula is C19H14N2O6S3. The first kappa shape index (κ1) is 20.3. The summed E-state index contributed by atoms with van der Waals surface area (Å²) in [6.07, 6.45) is 1.11. The topological polar surface area (TPSA) is 123 Å². The number of carbonyl (C=O) groups excluding carboxylic acids is 1. The van der Waals surface area contributed by atoms with Crippen molar-refractivity contribution in [2.45, 2.75) is 14.9 Å². The van der Waals surface area contributed by atoms with Crippen molar-refractivity contribution in [1.82, 2.24) is 4.98 Å². The van der Waals surface area contributed by atoms with Gasteiger partial charge in [0.15, 0.2) is 20.7 Å². The van der Waals surface area contributed by atoms with Gasteiger partial charge in [-0.25, -0.2) is 21.8 Å². The fourth-order valence-corrected chi connectivity index (χ4v) is 5.47. The van der Waals surface area contributed by atoms with Crippen LogP contribution in [0.4, 0.5) is 5.13 Å². The van der Waals surface area contributed by atoms with Crippen molar-refractivity contribution in [3.8, 4) is 0 Å². The minimum atomic E-state index is -3.88. The molecule has 0 unspecified atom stereocenters. The number of hydrogen-bond donors (Lipinski definition) is 1. The van der Waals surface area contributed by atoms with Crippen LogP contribution in [0.5, 0.6) is 0 Å². The summed E-state index contributed by atoms with van der Waals surface area (Å²) in [6.45, 7) is 0. The quantitative estimate of drug-likeness (QED) is 0.482. The Bertz CT molecular complexity index is 1470. The summed E-state index contributed by atoms with van der Waals surface area (Å²) >= 11 is 1.09. The van der Waals surface area contributed by atoms with Crippen LogP contribution in [0.1, 0.15) is 10.6 Å². The SMILES string of the molecule is CS(=O)(=O)c1ccc2nc(NC(=O)c3ccc(S(=O)(=O)c4ccccc4)o3)sc2c1. The average molecular weight is 463 g/mol. The molecule has 4 aromatic rings. The van der Waals surface area contributed by atoms with Gasteiger partial charge in [-0.05, 0) is 42.5 Å². The summed E-state index contributed by atoms with van der Waals surface area (Å²) in [5.41, 5.74) is 0.523. The van der Waals surface area contributed by atoms with Crippen LogP contribution < -0.4 is 5.32 Å². The molecule has 8 nitrogen and oxygen atoms in total. The third-order valence-corrected chi connectivity index (χ3v) is 7.82. The fourth-order valence-electron chi connectivity index (χ4n) is 2.65. The third kappa shape index (κ3) is 3.86. The molecular weight excluding hydrogens is 448 g/mol. The molecule has 0 fully saturated rings. The Morgan fingerprint density at radius 3 is 2.40 bits per heavy atom. The van der Waals surface area contributed by atoms with Gasteiger partial charge in [0.1, 0.15) is 0 Å². The number of aromatic nitrogens is 1. The van der Waals surface area contributed by atoms with Crippen LogP contribution in [0.25, 0.3) is 10.2 Å². The molecule has 1 amide bonds. The Kier molecular flexibility index (Phi) is 4.96. The van der Waals surface area contributed by atoms with Crippen molar-refractivity contribution in [2.75, 3.05) is 11.6 Å². The molecule has 0 spiro atoms. The number of anilines is 1. The number of nitrogens with one attached hydrogen (secondary N) is 1. The molecule has 0 saturated carbocycles. The highest BCUT2D eigenvalue weighted by Crippen LogP contribution is 2.29. The minimum Gasteiger partial charge on any atom is -0.439 e. The number of nitrogens with zero attached hydrogens (tertiary/aromatic N) is 1. The van der Waals surface area contributed by atoms with E-state index in [1.165, 1.54) is 36.4 Å². The maximum absolute atomic E-state index is 12.6. The summed E-state index contributed by atoms with van der Waals surface area (Å²) < 4.78 is 54.4. The van der Waals surface area contributed by atoms with Gasteiger partial charge in [0.25, 0.3) is 5.91 Å². The van der Waals surface area contributed by atoms with Gasteiger partial charge in [0, 0.05) is 6.26 Å². The summed E-state index contributed by atoms with van der Waals surface area (Å²) in [6, 6.07) is 14.7. The average Bonchev–Trinajstić information content (AvgIpc) is 3.34. The molecule has 0 aliphatic rings. The second-order valence-corrected chi connectivity index (χ2v) is 11.2. The lowest BCUT2D eigenvalue weighted by molar-refractivity contribution is 0.0991. The number of benzene rings is 2. The lowest BCUT2D eigenvalue weighted by atomic mass is 10.3. The molecule has 154 valence electrons. The fraction of sp³-hybridized carbons (Fsp3) is 0.0526. The molecule has 0 aliphatic heterocycles. The molecule has 0 atom stereocenters. The summed E-state index contributed by atoms with van der Waals surface area (Å²) in [5.74, 6) is -0.868. The first-order valence-electron chi connectivity index (χ1n) is 8.46. The second-order valence-electron chi connectivity index (χ2n) is 6.31. The Hall–Kier alpha value is -3.02. The predicted octanol–water partition coefficient (Wildman–Crippen LogP) is 3.38. The van der Waals surface area contributed by atoms with Gasteiger partial charge < -0.3 is 4.42 Å². The first-order chi connectivity index (χ1) is 14.1. The van der Waals surface area contributed by atoms with Crippen molar-refractivity contribution in [1.29, 1.82) is 0 Å². The van der Waals surface area contributed by atoms with Crippen molar-refractivity contribution >= 4 is 52.3 Å². The van der Waals surface area contributed by atoms with Crippen LogP contribution in [0.3, 0.4) is 0 Å². The first-order valence-corrected chi connectivity index (χ1v) is 12.7. The molecule has 0 saturated heterocycles. The molecule has 0 aliphatic carbocycles. The summed E-state index contributed by atoms with van der Waals surface area (Å²) in [4.78, 5) is 16.9. The molecule has 0 bridgehead atoms. The van der Waals surface area contributed by atoms with E-state index in [0.717, 1.165) is 17.6 Å². The maximum atomic E-state index is 12.6. The van der Waals surface area contributed by atoms with Gasteiger partial charge in [0.2, 0.25) is 14.9 Å². The zero-order valence-corrected chi connectivity index (χ0v) is 17.8. The predicted molar refractivity (Wildman–Crippen MR) is 111 cm³/mol. The van der Waals surface area contributed by atoms with Crippen LogP contribution in [0.15, 0.2) is 80.0 Å².